The summed E-state index contributed by atoms with van der Waals surface area (Å²) in [5.41, 5.74) is -1.30. The molecule has 1 aliphatic carbocycles. The number of alkyl halides is 3. The van der Waals surface area contributed by atoms with Crippen LogP contribution in [0.2, 0.25) is 0 Å². The van der Waals surface area contributed by atoms with Crippen LogP contribution in [0.4, 0.5) is 13.2 Å². The van der Waals surface area contributed by atoms with Gasteiger partial charge in [-0.2, -0.15) is 13.2 Å². The van der Waals surface area contributed by atoms with Gasteiger partial charge < -0.3 is 5.11 Å². The van der Waals surface area contributed by atoms with Gasteiger partial charge >= 0.3 is 6.18 Å². The van der Waals surface area contributed by atoms with E-state index < -0.39 is 17.8 Å². The van der Waals surface area contributed by atoms with Crippen LogP contribution in [0.5, 0.6) is 0 Å². The summed E-state index contributed by atoms with van der Waals surface area (Å²) in [6.45, 7) is 7.85. The molecule has 0 radical (unpaired) electrons. The van der Waals surface area contributed by atoms with Crippen molar-refractivity contribution < 1.29 is 18.3 Å². The molecule has 1 saturated carbocycles. The summed E-state index contributed by atoms with van der Waals surface area (Å²) in [5.74, 6) is -0.203. The molecule has 106 valence electrons. The van der Waals surface area contributed by atoms with Gasteiger partial charge in [0.25, 0.3) is 0 Å². The van der Waals surface area contributed by atoms with Crippen LogP contribution in [0.3, 0.4) is 0 Å². The molecule has 2 nitrogen and oxygen atoms in total. The van der Waals surface area contributed by atoms with Crippen LogP contribution in [-0.4, -0.2) is 10.1 Å². The highest BCUT2D eigenvalue weighted by molar-refractivity contribution is 5.32. The van der Waals surface area contributed by atoms with Gasteiger partial charge in [0.2, 0.25) is 0 Å². The van der Waals surface area contributed by atoms with E-state index in [0.717, 1.165) is 18.5 Å². The third-order valence-electron chi connectivity index (χ3n) is 4.92. The molecule has 5 heteroatoms. The standard InChI is InChI=1S/C14H18F3NO/c1-12(2)11(13(12,3)4)10(19)8-7-18-6-5-9(8)14(15,16)17/h5-7,10-11,19H,1-4H3. The number of pyridine rings is 1. The molecule has 1 heterocycles. The summed E-state index contributed by atoms with van der Waals surface area (Å²) in [5, 5.41) is 10.3. The zero-order valence-electron chi connectivity index (χ0n) is 11.4. The van der Waals surface area contributed by atoms with Gasteiger partial charge in [0.1, 0.15) is 0 Å². The van der Waals surface area contributed by atoms with E-state index in [9.17, 15) is 18.3 Å². The van der Waals surface area contributed by atoms with Crippen molar-refractivity contribution in [3.8, 4) is 0 Å². The highest BCUT2D eigenvalue weighted by Gasteiger charge is 2.67. The minimum atomic E-state index is -4.47. The minimum absolute atomic E-state index is 0.126. The molecule has 0 aliphatic heterocycles. The second-order valence-corrected chi connectivity index (χ2v) is 6.33. The first-order valence-corrected chi connectivity index (χ1v) is 6.20. The molecule has 1 unspecified atom stereocenters. The maximum atomic E-state index is 12.9. The van der Waals surface area contributed by atoms with Gasteiger partial charge in [0, 0.05) is 23.9 Å². The Labute approximate surface area is 110 Å². The first-order valence-electron chi connectivity index (χ1n) is 6.20. The van der Waals surface area contributed by atoms with Gasteiger partial charge in [-0.1, -0.05) is 27.7 Å². The first-order chi connectivity index (χ1) is 8.51. The molecule has 0 aromatic carbocycles. The Balaban J connectivity index is 2.40. The predicted octanol–water partition coefficient (Wildman–Crippen LogP) is 3.82. The average molecular weight is 273 g/mol. The third kappa shape index (κ3) is 2.04. The smallest absolute Gasteiger partial charge is 0.388 e. The lowest BCUT2D eigenvalue weighted by atomic mass is 9.96. The molecule has 2 rings (SSSR count). The number of nitrogens with zero attached hydrogens (tertiary/aromatic N) is 1. The number of hydrogen-bond donors (Lipinski definition) is 1. The quantitative estimate of drug-likeness (QED) is 0.888. The lowest BCUT2D eigenvalue weighted by molar-refractivity contribution is -0.139. The lowest BCUT2D eigenvalue weighted by Crippen LogP contribution is -2.15. The predicted molar refractivity (Wildman–Crippen MR) is 65.3 cm³/mol. The number of aliphatic hydroxyl groups is 1. The molecule has 0 bridgehead atoms. The van der Waals surface area contributed by atoms with E-state index in [0.29, 0.717) is 0 Å². The monoisotopic (exact) mass is 273 g/mol. The fourth-order valence-electron chi connectivity index (χ4n) is 3.12. The van der Waals surface area contributed by atoms with Gasteiger partial charge in [-0.25, -0.2) is 0 Å². The van der Waals surface area contributed by atoms with Crippen LogP contribution in [0.1, 0.15) is 44.9 Å². The summed E-state index contributed by atoms with van der Waals surface area (Å²) < 4.78 is 38.8. The van der Waals surface area contributed by atoms with Crippen molar-refractivity contribution in [1.82, 2.24) is 4.98 Å². The highest BCUT2D eigenvalue weighted by atomic mass is 19.4. The van der Waals surface area contributed by atoms with Crippen LogP contribution >= 0.6 is 0 Å². The van der Waals surface area contributed by atoms with Crippen LogP contribution in [0.25, 0.3) is 0 Å². The molecule has 19 heavy (non-hydrogen) atoms. The molecule has 0 saturated heterocycles. The largest absolute Gasteiger partial charge is 0.416 e. The number of hydrogen-bond acceptors (Lipinski definition) is 2. The van der Waals surface area contributed by atoms with Gasteiger partial charge in [-0.05, 0) is 16.9 Å². The topological polar surface area (TPSA) is 33.1 Å². The maximum absolute atomic E-state index is 12.9. The SMILES string of the molecule is CC1(C)C(C(O)c2cnccc2C(F)(F)F)C1(C)C. The average Bonchev–Trinajstić information content (AvgIpc) is 2.67. The molecule has 1 aromatic rings. The fourth-order valence-corrected chi connectivity index (χ4v) is 3.12. The molecule has 1 N–H and O–H groups in total. The Morgan fingerprint density at radius 1 is 1.21 bits per heavy atom. The van der Waals surface area contributed by atoms with E-state index in [1.807, 2.05) is 27.7 Å². The number of aromatic nitrogens is 1. The zero-order valence-corrected chi connectivity index (χ0v) is 11.4. The second kappa shape index (κ2) is 3.95. The highest BCUT2D eigenvalue weighted by Crippen LogP contribution is 2.72. The Kier molecular flexibility index (Phi) is 2.97. The maximum Gasteiger partial charge on any atom is 0.416 e. The van der Waals surface area contributed by atoms with E-state index in [-0.39, 0.29) is 22.3 Å². The van der Waals surface area contributed by atoms with Crippen molar-refractivity contribution in [3.05, 3.63) is 29.6 Å². The van der Waals surface area contributed by atoms with Gasteiger partial charge in [0.05, 0.1) is 11.7 Å². The molecular weight excluding hydrogens is 255 g/mol. The summed E-state index contributed by atoms with van der Waals surface area (Å²) in [6, 6.07) is 0.918. The fraction of sp³-hybridized carbons (Fsp3) is 0.643. The number of rotatable bonds is 2. The summed E-state index contributed by atoms with van der Waals surface area (Å²) >= 11 is 0. The van der Waals surface area contributed by atoms with Crippen LogP contribution < -0.4 is 0 Å². The van der Waals surface area contributed by atoms with Crippen molar-refractivity contribution >= 4 is 0 Å². The Morgan fingerprint density at radius 3 is 2.16 bits per heavy atom. The summed E-state index contributed by atoms with van der Waals surface area (Å²) in [4.78, 5) is 3.73. The molecule has 1 aliphatic rings. The number of aliphatic hydroxyl groups excluding tert-OH is 1. The molecule has 0 spiro atoms. The van der Waals surface area contributed by atoms with Crippen LogP contribution in [0.15, 0.2) is 18.5 Å². The van der Waals surface area contributed by atoms with Gasteiger partial charge in [-0.15, -0.1) is 0 Å². The lowest BCUT2D eigenvalue weighted by Gasteiger charge is -2.18. The molecule has 1 atom stereocenters. The van der Waals surface area contributed by atoms with Crippen molar-refractivity contribution in [2.75, 3.05) is 0 Å². The Bertz CT molecular complexity index is 480. The van der Waals surface area contributed by atoms with E-state index >= 15 is 0 Å². The van der Waals surface area contributed by atoms with Crippen LogP contribution in [0, 0.1) is 16.7 Å². The third-order valence-corrected chi connectivity index (χ3v) is 4.92. The minimum Gasteiger partial charge on any atom is -0.388 e. The normalized spacial score (nSPS) is 23.2. The molecule has 1 fully saturated rings. The van der Waals surface area contributed by atoms with Crippen LogP contribution in [-0.2, 0) is 6.18 Å². The van der Waals surface area contributed by atoms with Crippen molar-refractivity contribution in [2.24, 2.45) is 16.7 Å². The van der Waals surface area contributed by atoms with E-state index in [2.05, 4.69) is 4.98 Å². The molecule has 0 amide bonds. The molecular formula is C14H18F3NO. The van der Waals surface area contributed by atoms with Gasteiger partial charge in [-0.3, -0.25) is 4.98 Å². The summed E-state index contributed by atoms with van der Waals surface area (Å²) in [7, 11) is 0. The second-order valence-electron chi connectivity index (χ2n) is 6.33. The zero-order chi connectivity index (χ0) is 14.6. The Hall–Kier alpha value is -1.10. The van der Waals surface area contributed by atoms with E-state index in [1.54, 1.807) is 0 Å². The van der Waals surface area contributed by atoms with Gasteiger partial charge in [0.15, 0.2) is 0 Å². The van der Waals surface area contributed by atoms with E-state index in [1.165, 1.54) is 0 Å². The van der Waals surface area contributed by atoms with Crippen molar-refractivity contribution in [1.29, 1.82) is 0 Å². The summed E-state index contributed by atoms with van der Waals surface area (Å²) in [6.07, 6.45) is -3.39. The van der Waals surface area contributed by atoms with Crippen molar-refractivity contribution in [2.45, 2.75) is 40.0 Å². The molecule has 1 aromatic heterocycles. The van der Waals surface area contributed by atoms with E-state index in [4.69, 9.17) is 0 Å². The number of halogens is 3. The first kappa shape index (κ1) is 14.3. The Morgan fingerprint density at radius 2 is 1.74 bits per heavy atom. The van der Waals surface area contributed by atoms with Crippen molar-refractivity contribution in [3.63, 3.8) is 0 Å².